The van der Waals surface area contributed by atoms with Crippen molar-refractivity contribution in [2.45, 2.75) is 28.6 Å². The van der Waals surface area contributed by atoms with E-state index in [2.05, 4.69) is 33.7 Å². The van der Waals surface area contributed by atoms with Gasteiger partial charge in [-0.05, 0) is 47.5 Å². The Kier molecular flexibility index (Phi) is 6.36. The van der Waals surface area contributed by atoms with Crippen LogP contribution in [-0.2, 0) is 21.2 Å². The molecule has 0 aliphatic carbocycles. The first-order valence-electron chi connectivity index (χ1n) is 9.99. The number of nitrogens with zero attached hydrogens (tertiary/aromatic N) is 3. The maximum absolute atomic E-state index is 12.6. The van der Waals surface area contributed by atoms with Gasteiger partial charge in [0.05, 0.1) is 10.1 Å². The zero-order valence-electron chi connectivity index (χ0n) is 17.7. The topological polar surface area (TPSA) is 146 Å². The zero-order chi connectivity index (χ0) is 23.6. The molecule has 0 radical (unpaired) electrons. The van der Waals surface area contributed by atoms with Crippen LogP contribution in [0.1, 0.15) is 18.3 Å². The molecule has 1 aromatic heterocycles. The van der Waals surface area contributed by atoms with Gasteiger partial charge in [0.2, 0.25) is 21.1 Å². The van der Waals surface area contributed by atoms with Crippen LogP contribution in [0.2, 0.25) is 0 Å². The molecule has 4 rings (SSSR count). The highest BCUT2D eigenvalue weighted by Crippen LogP contribution is 2.25. The Morgan fingerprint density at radius 3 is 2.48 bits per heavy atom. The van der Waals surface area contributed by atoms with Gasteiger partial charge in [0.25, 0.3) is 0 Å². The number of nitrogens with one attached hydrogen (secondary N) is 1. The Bertz CT molecular complexity index is 1410. The summed E-state index contributed by atoms with van der Waals surface area (Å²) in [7, 11) is -3.79. The number of nitrogen functional groups attached to an aromatic ring is 1. The second kappa shape index (κ2) is 9.22. The number of hydrogen-bond acceptors (Lipinski definition) is 7. The highest BCUT2D eigenvalue weighted by molar-refractivity contribution is 8.00. The van der Waals surface area contributed by atoms with Crippen molar-refractivity contribution >= 4 is 44.2 Å². The molecule has 1 atom stereocenters. The average molecular weight is 483 g/mol. The van der Waals surface area contributed by atoms with E-state index in [0.717, 1.165) is 16.3 Å². The molecule has 0 aliphatic heterocycles. The van der Waals surface area contributed by atoms with Crippen LogP contribution in [0, 0.1) is 0 Å². The fourth-order valence-electron chi connectivity index (χ4n) is 3.31. The van der Waals surface area contributed by atoms with Crippen molar-refractivity contribution in [1.29, 1.82) is 0 Å². The van der Waals surface area contributed by atoms with Gasteiger partial charge in [-0.2, -0.15) is 0 Å². The van der Waals surface area contributed by atoms with E-state index in [1.165, 1.54) is 40.7 Å². The Labute approximate surface area is 195 Å². The van der Waals surface area contributed by atoms with Crippen LogP contribution in [0.3, 0.4) is 0 Å². The largest absolute Gasteiger partial charge is 0.336 e. The van der Waals surface area contributed by atoms with Crippen LogP contribution in [0.25, 0.3) is 10.8 Å². The zero-order valence-corrected chi connectivity index (χ0v) is 19.3. The molecule has 11 heteroatoms. The predicted octanol–water partition coefficient (Wildman–Crippen LogP) is 2.50. The molecule has 5 N–H and O–H groups in total. The minimum Gasteiger partial charge on any atom is -0.336 e. The molecule has 0 unspecified atom stereocenters. The maximum Gasteiger partial charge on any atom is 0.238 e. The SMILES string of the molecule is C[C@H](Sc1nnc(Cc2cccc3ccccc23)n1N)C(=O)Nc1ccc(S(N)(=O)=O)cc1. The Balaban J connectivity index is 1.43. The van der Waals surface area contributed by atoms with Crippen molar-refractivity contribution in [2.24, 2.45) is 5.14 Å². The van der Waals surface area contributed by atoms with E-state index in [-0.39, 0.29) is 10.8 Å². The van der Waals surface area contributed by atoms with Gasteiger partial charge in [-0.15, -0.1) is 10.2 Å². The molecular weight excluding hydrogens is 460 g/mol. The average Bonchev–Trinajstić information content (AvgIpc) is 3.12. The second-order valence-corrected chi connectivity index (χ2v) is 10.3. The Morgan fingerprint density at radius 1 is 1.06 bits per heavy atom. The normalized spacial score (nSPS) is 12.5. The van der Waals surface area contributed by atoms with E-state index in [1.54, 1.807) is 6.92 Å². The first kappa shape index (κ1) is 22.8. The molecule has 0 bridgehead atoms. The summed E-state index contributed by atoms with van der Waals surface area (Å²) in [6, 6.07) is 19.8. The number of carbonyl (C=O) groups is 1. The van der Waals surface area contributed by atoms with Crippen LogP contribution in [0.5, 0.6) is 0 Å². The van der Waals surface area contributed by atoms with E-state index in [0.29, 0.717) is 23.1 Å². The fraction of sp³-hybridized carbons (Fsp3) is 0.136. The highest BCUT2D eigenvalue weighted by Gasteiger charge is 2.20. The molecule has 1 amide bonds. The number of amides is 1. The summed E-state index contributed by atoms with van der Waals surface area (Å²) in [5.74, 6) is 6.52. The minimum absolute atomic E-state index is 0.0297. The molecule has 0 aliphatic rings. The smallest absolute Gasteiger partial charge is 0.238 e. The number of sulfonamides is 1. The van der Waals surface area contributed by atoms with E-state index >= 15 is 0 Å². The third-order valence-electron chi connectivity index (χ3n) is 5.07. The summed E-state index contributed by atoms with van der Waals surface area (Å²) >= 11 is 1.18. The molecule has 33 heavy (non-hydrogen) atoms. The lowest BCUT2D eigenvalue weighted by molar-refractivity contribution is -0.115. The molecule has 0 saturated carbocycles. The van der Waals surface area contributed by atoms with Crippen molar-refractivity contribution in [1.82, 2.24) is 14.9 Å². The summed E-state index contributed by atoms with van der Waals surface area (Å²) in [5, 5.41) is 18.3. The van der Waals surface area contributed by atoms with E-state index < -0.39 is 15.3 Å². The Morgan fingerprint density at radius 2 is 1.76 bits per heavy atom. The number of rotatable bonds is 7. The predicted molar refractivity (Wildman–Crippen MR) is 129 cm³/mol. The summed E-state index contributed by atoms with van der Waals surface area (Å²) in [6.07, 6.45) is 0.502. The lowest BCUT2D eigenvalue weighted by Crippen LogP contribution is -2.24. The van der Waals surface area contributed by atoms with Crippen LogP contribution in [0.15, 0.2) is 76.8 Å². The minimum atomic E-state index is -3.79. The van der Waals surface area contributed by atoms with Gasteiger partial charge >= 0.3 is 0 Å². The summed E-state index contributed by atoms with van der Waals surface area (Å²) in [6.45, 7) is 1.72. The summed E-state index contributed by atoms with van der Waals surface area (Å²) in [4.78, 5) is 12.6. The van der Waals surface area contributed by atoms with Gasteiger partial charge in [-0.1, -0.05) is 54.2 Å². The van der Waals surface area contributed by atoms with E-state index in [1.807, 2.05) is 24.3 Å². The van der Waals surface area contributed by atoms with E-state index in [4.69, 9.17) is 11.0 Å². The van der Waals surface area contributed by atoms with Gasteiger partial charge in [-0.3, -0.25) is 4.79 Å². The number of anilines is 1. The maximum atomic E-state index is 12.6. The van der Waals surface area contributed by atoms with Gasteiger partial charge in [0.15, 0.2) is 5.82 Å². The van der Waals surface area contributed by atoms with Crippen LogP contribution >= 0.6 is 11.8 Å². The fourth-order valence-corrected chi connectivity index (χ4v) is 4.61. The van der Waals surface area contributed by atoms with Gasteiger partial charge in [0, 0.05) is 12.1 Å². The monoisotopic (exact) mass is 482 g/mol. The van der Waals surface area contributed by atoms with Crippen molar-refractivity contribution in [3.63, 3.8) is 0 Å². The van der Waals surface area contributed by atoms with Gasteiger partial charge < -0.3 is 11.2 Å². The summed E-state index contributed by atoms with van der Waals surface area (Å²) in [5.41, 5.74) is 1.53. The molecule has 0 saturated heterocycles. The molecule has 170 valence electrons. The van der Waals surface area contributed by atoms with Crippen molar-refractivity contribution in [3.8, 4) is 0 Å². The lowest BCUT2D eigenvalue weighted by Gasteiger charge is -2.12. The molecule has 0 spiro atoms. The number of benzene rings is 3. The number of fused-ring (bicyclic) bond motifs is 1. The first-order valence-corrected chi connectivity index (χ1v) is 12.4. The Hall–Kier alpha value is -3.41. The molecular formula is C22H22N6O3S2. The van der Waals surface area contributed by atoms with Gasteiger partial charge in [-0.25, -0.2) is 18.2 Å². The lowest BCUT2D eigenvalue weighted by atomic mass is 10.0. The van der Waals surface area contributed by atoms with Crippen molar-refractivity contribution < 1.29 is 13.2 Å². The molecule has 3 aromatic carbocycles. The quantitative estimate of drug-likeness (QED) is 0.271. The number of carbonyl (C=O) groups excluding carboxylic acids is 1. The third-order valence-corrected chi connectivity index (χ3v) is 7.05. The molecule has 1 heterocycles. The molecule has 4 aromatic rings. The standard InChI is InChI=1S/C22H22N6O3S2/c1-14(21(29)25-17-9-11-18(12-10-17)33(24,30)31)32-22-27-26-20(28(22)23)13-16-7-4-6-15-5-2-3-8-19(15)16/h2-12,14H,13,23H2,1H3,(H,25,29)(H2,24,30,31)/t14-/m0/s1. The number of nitrogens with two attached hydrogens (primary N) is 2. The van der Waals surface area contributed by atoms with Crippen LogP contribution in [0.4, 0.5) is 5.69 Å². The van der Waals surface area contributed by atoms with Crippen LogP contribution in [-0.4, -0.2) is 34.4 Å². The van der Waals surface area contributed by atoms with Crippen molar-refractivity contribution in [2.75, 3.05) is 11.2 Å². The number of aromatic nitrogens is 3. The second-order valence-electron chi connectivity index (χ2n) is 7.40. The molecule has 9 nitrogen and oxygen atoms in total. The number of primary sulfonamides is 1. The first-order chi connectivity index (χ1) is 15.7. The third kappa shape index (κ3) is 5.16. The summed E-state index contributed by atoms with van der Waals surface area (Å²) < 4.78 is 24.1. The number of hydrogen-bond donors (Lipinski definition) is 3. The van der Waals surface area contributed by atoms with Crippen LogP contribution < -0.4 is 16.3 Å². The highest BCUT2D eigenvalue weighted by atomic mass is 32.2. The number of thioether (sulfide) groups is 1. The van der Waals surface area contributed by atoms with E-state index in [9.17, 15) is 13.2 Å². The molecule has 0 fully saturated rings. The van der Waals surface area contributed by atoms with Gasteiger partial charge in [0.1, 0.15) is 0 Å². The van der Waals surface area contributed by atoms with Crippen molar-refractivity contribution in [3.05, 3.63) is 78.1 Å².